The highest BCUT2D eigenvalue weighted by atomic mass is 28.3. The van der Waals surface area contributed by atoms with Crippen LogP contribution in [0.1, 0.15) is 45.6 Å². The molecule has 0 saturated carbocycles. The fourth-order valence-electron chi connectivity index (χ4n) is 1.89. The maximum atomic E-state index is 10.9. The van der Waals surface area contributed by atoms with Crippen LogP contribution in [0.25, 0.3) is 0 Å². The first kappa shape index (κ1) is 16.9. The Balaban J connectivity index is 2.46. The molecule has 0 aromatic heterocycles. The van der Waals surface area contributed by atoms with Gasteiger partial charge >= 0.3 is 16.0 Å². The van der Waals surface area contributed by atoms with Crippen molar-refractivity contribution in [3.8, 4) is 5.75 Å². The van der Waals surface area contributed by atoms with E-state index in [1.165, 1.54) is 12.5 Å². The summed E-state index contributed by atoms with van der Waals surface area (Å²) in [4.78, 5) is 10.9. The van der Waals surface area contributed by atoms with Crippen molar-refractivity contribution in [3.63, 3.8) is 0 Å². The van der Waals surface area contributed by atoms with E-state index in [1.807, 2.05) is 31.2 Å². The number of hydrogen-bond acceptors (Lipinski definition) is 4. The van der Waals surface area contributed by atoms with Gasteiger partial charge in [0.1, 0.15) is 5.75 Å². The molecule has 0 bridgehead atoms. The minimum Gasteiger partial charge on any atom is -0.427 e. The van der Waals surface area contributed by atoms with Crippen molar-refractivity contribution in [2.75, 3.05) is 6.61 Å². The molecule has 0 aliphatic heterocycles. The minimum atomic E-state index is -0.301. The molecule has 0 saturated heterocycles. The Morgan fingerprint density at radius 3 is 2.45 bits per heavy atom. The highest BCUT2D eigenvalue weighted by Gasteiger charge is 2.12. The molecule has 2 radical (unpaired) electrons. The van der Waals surface area contributed by atoms with Gasteiger partial charge in [-0.3, -0.25) is 4.79 Å². The fraction of sp³-hybridized carbons (Fsp3) is 0.533. The van der Waals surface area contributed by atoms with Gasteiger partial charge in [0.25, 0.3) is 0 Å². The van der Waals surface area contributed by atoms with Crippen LogP contribution in [0.4, 0.5) is 0 Å². The van der Waals surface area contributed by atoms with Crippen LogP contribution in [0.3, 0.4) is 0 Å². The van der Waals surface area contributed by atoms with E-state index in [4.69, 9.17) is 13.6 Å². The summed E-state index contributed by atoms with van der Waals surface area (Å²) in [6, 6.07) is 7.61. The fourth-order valence-corrected chi connectivity index (χ4v) is 2.33. The molecule has 0 amide bonds. The number of carbonyl (C=O) groups excluding carboxylic acids is 1. The van der Waals surface area contributed by atoms with Crippen LogP contribution >= 0.6 is 0 Å². The minimum absolute atomic E-state index is 0.107. The third-order valence-corrected chi connectivity index (χ3v) is 3.75. The van der Waals surface area contributed by atoms with E-state index < -0.39 is 0 Å². The number of rotatable bonds is 8. The molecule has 0 aliphatic rings. The summed E-state index contributed by atoms with van der Waals surface area (Å²) in [7, 11) is 0.107. The van der Waals surface area contributed by atoms with E-state index in [0.29, 0.717) is 18.3 Å². The van der Waals surface area contributed by atoms with E-state index >= 15 is 0 Å². The Kier molecular flexibility index (Phi) is 7.50. The molecule has 0 fully saturated rings. The van der Waals surface area contributed by atoms with Crippen LogP contribution in [-0.2, 0) is 13.6 Å². The Hall–Kier alpha value is -1.17. The maximum Gasteiger partial charge on any atom is 0.433 e. The van der Waals surface area contributed by atoms with E-state index in [9.17, 15) is 4.79 Å². The van der Waals surface area contributed by atoms with Crippen LogP contribution in [0.15, 0.2) is 24.3 Å². The van der Waals surface area contributed by atoms with E-state index in [0.717, 1.165) is 6.42 Å². The molecular formula is C15H22O4Si. The zero-order valence-corrected chi connectivity index (χ0v) is 13.5. The predicted molar refractivity (Wildman–Crippen MR) is 78.7 cm³/mol. The lowest BCUT2D eigenvalue weighted by molar-refractivity contribution is -0.131. The number of esters is 1. The van der Waals surface area contributed by atoms with Gasteiger partial charge in [-0.05, 0) is 43.9 Å². The van der Waals surface area contributed by atoms with Crippen molar-refractivity contribution in [3.05, 3.63) is 29.8 Å². The molecule has 1 aromatic carbocycles. The van der Waals surface area contributed by atoms with Gasteiger partial charge in [0.2, 0.25) is 0 Å². The second-order valence-electron chi connectivity index (χ2n) is 4.74. The summed E-state index contributed by atoms with van der Waals surface area (Å²) in [6.07, 6.45) is 1.08. The molecule has 110 valence electrons. The first-order chi connectivity index (χ1) is 9.52. The van der Waals surface area contributed by atoms with Crippen molar-refractivity contribution in [2.24, 2.45) is 0 Å². The van der Waals surface area contributed by atoms with Gasteiger partial charge in [-0.15, -0.1) is 0 Å². The molecule has 1 aromatic rings. The van der Waals surface area contributed by atoms with Gasteiger partial charge in [0, 0.05) is 19.6 Å². The first-order valence-corrected chi connectivity index (χ1v) is 7.65. The Bertz CT molecular complexity index is 405. The van der Waals surface area contributed by atoms with Crippen LogP contribution in [0, 0.1) is 0 Å². The zero-order chi connectivity index (χ0) is 15.0. The van der Waals surface area contributed by atoms with Gasteiger partial charge < -0.3 is 13.6 Å². The molecule has 1 rings (SSSR count). The molecule has 0 spiro atoms. The smallest absolute Gasteiger partial charge is 0.427 e. The molecule has 0 aliphatic carbocycles. The largest absolute Gasteiger partial charge is 0.433 e. The van der Waals surface area contributed by atoms with E-state index in [2.05, 4.69) is 13.8 Å². The molecule has 2 atom stereocenters. The molecule has 5 heteroatoms. The van der Waals surface area contributed by atoms with Gasteiger partial charge in [-0.25, -0.2) is 0 Å². The summed E-state index contributed by atoms with van der Waals surface area (Å²) in [6.45, 7) is 8.24. The first-order valence-electron chi connectivity index (χ1n) is 6.83. The van der Waals surface area contributed by atoms with Crippen LogP contribution in [0.2, 0.25) is 0 Å². The average Bonchev–Trinajstić information content (AvgIpc) is 2.39. The Labute approximate surface area is 123 Å². The molecule has 0 N–H and O–H groups in total. The van der Waals surface area contributed by atoms with E-state index in [1.54, 1.807) is 0 Å². The quantitative estimate of drug-likeness (QED) is 0.320. The van der Waals surface area contributed by atoms with E-state index in [-0.39, 0.29) is 22.1 Å². The van der Waals surface area contributed by atoms with Crippen LogP contribution in [0.5, 0.6) is 5.75 Å². The van der Waals surface area contributed by atoms with Crippen LogP contribution < -0.4 is 4.74 Å². The standard InChI is InChI=1S/C15H22O4Si/c1-5-17-20-19-12(3)10-11(2)14-6-8-15(9-7-14)18-13(4)16/h6-9,11-12H,5,10H2,1-4H3. The molecular weight excluding hydrogens is 272 g/mol. The van der Waals surface area contributed by atoms with Crippen molar-refractivity contribution in [1.29, 1.82) is 0 Å². The van der Waals surface area contributed by atoms with Crippen LogP contribution in [-0.4, -0.2) is 28.7 Å². The second-order valence-corrected chi connectivity index (χ2v) is 5.44. The molecule has 20 heavy (non-hydrogen) atoms. The van der Waals surface area contributed by atoms with Gasteiger partial charge in [0.15, 0.2) is 0 Å². The summed E-state index contributed by atoms with van der Waals surface area (Å²) >= 11 is 0. The second kappa shape index (κ2) is 8.89. The summed E-state index contributed by atoms with van der Waals surface area (Å²) < 4.78 is 15.8. The number of carbonyl (C=O) groups is 1. The zero-order valence-electron chi connectivity index (χ0n) is 12.5. The summed E-state index contributed by atoms with van der Waals surface area (Å²) in [5.74, 6) is 0.656. The van der Waals surface area contributed by atoms with Crippen molar-refractivity contribution in [1.82, 2.24) is 0 Å². The lowest BCUT2D eigenvalue weighted by atomic mass is 9.95. The maximum absolute atomic E-state index is 10.9. The topological polar surface area (TPSA) is 44.8 Å². The normalized spacial score (nSPS) is 13.8. The molecule has 0 heterocycles. The van der Waals surface area contributed by atoms with Crippen molar-refractivity contribution >= 4 is 16.0 Å². The monoisotopic (exact) mass is 294 g/mol. The van der Waals surface area contributed by atoms with Gasteiger partial charge in [-0.2, -0.15) is 0 Å². The summed E-state index contributed by atoms with van der Waals surface area (Å²) in [5.41, 5.74) is 1.20. The Morgan fingerprint density at radius 1 is 1.25 bits per heavy atom. The van der Waals surface area contributed by atoms with Gasteiger partial charge in [0.05, 0.1) is 0 Å². The summed E-state index contributed by atoms with van der Waals surface area (Å²) in [5, 5.41) is 0. The predicted octanol–water partition coefficient (Wildman–Crippen LogP) is 3.08. The Morgan fingerprint density at radius 2 is 1.90 bits per heavy atom. The lowest BCUT2D eigenvalue weighted by Gasteiger charge is -2.18. The number of benzene rings is 1. The third kappa shape index (κ3) is 6.32. The third-order valence-electron chi connectivity index (χ3n) is 2.85. The van der Waals surface area contributed by atoms with Crippen molar-refractivity contribution in [2.45, 2.75) is 46.1 Å². The highest BCUT2D eigenvalue weighted by Crippen LogP contribution is 2.24. The van der Waals surface area contributed by atoms with Gasteiger partial charge in [-0.1, -0.05) is 19.1 Å². The SMILES string of the molecule is CCO[Si]OC(C)CC(C)c1ccc(OC(C)=O)cc1. The lowest BCUT2D eigenvalue weighted by Crippen LogP contribution is -2.16. The highest BCUT2D eigenvalue weighted by molar-refractivity contribution is 6.18. The number of hydrogen-bond donors (Lipinski definition) is 0. The molecule has 4 nitrogen and oxygen atoms in total. The van der Waals surface area contributed by atoms with Crippen molar-refractivity contribution < 1.29 is 18.4 Å². The average molecular weight is 294 g/mol. The number of ether oxygens (including phenoxy) is 1. The molecule has 2 unspecified atom stereocenters.